The smallest absolute Gasteiger partial charge is 0.140 e. The molecule has 0 saturated carbocycles. The molecule has 1 N–H and O–H groups in total. The summed E-state index contributed by atoms with van der Waals surface area (Å²) in [6.45, 7) is 2.23. The first kappa shape index (κ1) is 14.6. The Balaban J connectivity index is 1.85. The Morgan fingerprint density at radius 1 is 0.958 bits per heavy atom. The lowest BCUT2D eigenvalue weighted by atomic mass is 9.88. The lowest BCUT2D eigenvalue weighted by Gasteiger charge is -2.16. The van der Waals surface area contributed by atoms with E-state index in [9.17, 15) is 0 Å². The lowest BCUT2D eigenvalue weighted by molar-refractivity contribution is 0.782. The summed E-state index contributed by atoms with van der Waals surface area (Å²) in [5.74, 6) is 1.22. The van der Waals surface area contributed by atoms with E-state index in [-0.39, 0.29) is 0 Å². The van der Waals surface area contributed by atoms with Crippen LogP contribution in [0.3, 0.4) is 0 Å². The maximum atomic E-state index is 4.88. The second-order valence-corrected chi connectivity index (χ2v) is 5.94. The summed E-state index contributed by atoms with van der Waals surface area (Å²) in [6, 6.07) is 21.0. The molecular weight excluding hydrogens is 294 g/mol. The Hall–Kier alpha value is -2.94. The molecule has 4 rings (SSSR count). The van der Waals surface area contributed by atoms with E-state index in [0.29, 0.717) is 5.92 Å². The van der Waals surface area contributed by atoms with Crippen molar-refractivity contribution in [2.45, 2.75) is 19.3 Å². The minimum atomic E-state index is 0.347. The van der Waals surface area contributed by atoms with Gasteiger partial charge in [0.05, 0.1) is 11.0 Å². The number of benzene rings is 2. The number of rotatable bonds is 4. The number of nitrogens with zero attached hydrogens (tertiary/aromatic N) is 2. The average molecular weight is 313 g/mol. The molecule has 2 heterocycles. The molecule has 3 nitrogen and oxygen atoms in total. The Morgan fingerprint density at radius 2 is 1.83 bits per heavy atom. The van der Waals surface area contributed by atoms with E-state index in [4.69, 9.17) is 4.98 Å². The molecule has 0 spiro atoms. The minimum absolute atomic E-state index is 0.347. The van der Waals surface area contributed by atoms with Gasteiger partial charge in [-0.3, -0.25) is 4.98 Å². The fraction of sp³-hybridized carbons (Fsp3) is 0.143. The molecule has 1 unspecified atom stereocenters. The number of aromatic amines is 1. The van der Waals surface area contributed by atoms with Crippen molar-refractivity contribution in [3.05, 3.63) is 84.2 Å². The molecular formula is C21H19N3. The number of imidazole rings is 1. The number of nitrogens with one attached hydrogen (secondary N) is 1. The molecule has 118 valence electrons. The van der Waals surface area contributed by atoms with Crippen LogP contribution in [0.2, 0.25) is 0 Å². The van der Waals surface area contributed by atoms with E-state index in [2.05, 4.69) is 65.4 Å². The van der Waals surface area contributed by atoms with Gasteiger partial charge >= 0.3 is 0 Å². The lowest BCUT2D eigenvalue weighted by Crippen LogP contribution is -2.00. The van der Waals surface area contributed by atoms with Gasteiger partial charge in [0.2, 0.25) is 0 Å². The van der Waals surface area contributed by atoms with E-state index in [1.807, 2.05) is 18.3 Å². The zero-order valence-electron chi connectivity index (χ0n) is 13.6. The van der Waals surface area contributed by atoms with Crippen LogP contribution in [0, 0.1) is 0 Å². The van der Waals surface area contributed by atoms with Crippen LogP contribution >= 0.6 is 0 Å². The second kappa shape index (κ2) is 6.28. The van der Waals surface area contributed by atoms with Crippen LogP contribution in [0.1, 0.15) is 30.4 Å². The number of H-pyrrole nitrogens is 1. The Morgan fingerprint density at radius 3 is 2.58 bits per heavy atom. The summed E-state index contributed by atoms with van der Waals surface area (Å²) in [4.78, 5) is 12.5. The molecule has 3 heteroatoms. The Bertz CT molecular complexity index is 943. The van der Waals surface area contributed by atoms with Gasteiger partial charge in [-0.15, -0.1) is 0 Å². The molecule has 0 saturated heterocycles. The van der Waals surface area contributed by atoms with Crippen LogP contribution < -0.4 is 0 Å². The van der Waals surface area contributed by atoms with Crippen LogP contribution in [-0.2, 0) is 0 Å². The number of pyridine rings is 1. The number of aromatic nitrogens is 3. The van der Waals surface area contributed by atoms with E-state index in [0.717, 1.165) is 28.8 Å². The third kappa shape index (κ3) is 2.58. The maximum Gasteiger partial charge on any atom is 0.140 e. The summed E-state index contributed by atoms with van der Waals surface area (Å²) < 4.78 is 0. The highest BCUT2D eigenvalue weighted by atomic mass is 14.9. The normalized spacial score (nSPS) is 12.4. The fourth-order valence-electron chi connectivity index (χ4n) is 3.30. The minimum Gasteiger partial charge on any atom is -0.338 e. The highest BCUT2D eigenvalue weighted by Gasteiger charge is 2.17. The molecule has 2 aromatic heterocycles. The predicted molar refractivity (Wildman–Crippen MR) is 97.9 cm³/mol. The maximum absolute atomic E-state index is 4.88. The highest BCUT2D eigenvalue weighted by Crippen LogP contribution is 2.33. The Kier molecular flexibility index (Phi) is 3.83. The van der Waals surface area contributed by atoms with Crippen molar-refractivity contribution < 1.29 is 0 Å². The Labute approximate surface area is 141 Å². The molecule has 0 aliphatic carbocycles. The second-order valence-electron chi connectivity index (χ2n) is 5.94. The van der Waals surface area contributed by atoms with Crippen LogP contribution in [0.5, 0.6) is 0 Å². The van der Waals surface area contributed by atoms with Gasteiger partial charge < -0.3 is 4.98 Å². The molecule has 1 atom stereocenters. The largest absolute Gasteiger partial charge is 0.338 e. The zero-order valence-corrected chi connectivity index (χ0v) is 13.6. The summed E-state index contributed by atoms with van der Waals surface area (Å²) >= 11 is 0. The first-order valence-corrected chi connectivity index (χ1v) is 8.31. The third-order valence-corrected chi connectivity index (χ3v) is 4.46. The van der Waals surface area contributed by atoms with Crippen LogP contribution in [-0.4, -0.2) is 15.0 Å². The van der Waals surface area contributed by atoms with E-state index in [1.54, 1.807) is 6.20 Å². The summed E-state index contributed by atoms with van der Waals surface area (Å²) in [5, 5.41) is 0. The molecule has 2 aromatic carbocycles. The van der Waals surface area contributed by atoms with Gasteiger partial charge in [0.1, 0.15) is 5.82 Å². The van der Waals surface area contributed by atoms with Gasteiger partial charge in [-0.05, 0) is 35.7 Å². The average Bonchev–Trinajstić information content (AvgIpc) is 3.09. The van der Waals surface area contributed by atoms with Gasteiger partial charge in [0.15, 0.2) is 0 Å². The molecule has 0 aliphatic rings. The van der Waals surface area contributed by atoms with Gasteiger partial charge in [0.25, 0.3) is 0 Å². The van der Waals surface area contributed by atoms with Crippen LogP contribution in [0.25, 0.3) is 22.4 Å². The monoisotopic (exact) mass is 313 g/mol. The van der Waals surface area contributed by atoms with Crippen molar-refractivity contribution in [3.63, 3.8) is 0 Å². The van der Waals surface area contributed by atoms with E-state index < -0.39 is 0 Å². The van der Waals surface area contributed by atoms with Crippen molar-refractivity contribution in [3.8, 4) is 11.4 Å². The van der Waals surface area contributed by atoms with Gasteiger partial charge in [-0.25, -0.2) is 4.98 Å². The van der Waals surface area contributed by atoms with Crippen molar-refractivity contribution in [1.29, 1.82) is 0 Å². The molecule has 0 fully saturated rings. The van der Waals surface area contributed by atoms with Crippen molar-refractivity contribution >= 4 is 11.0 Å². The van der Waals surface area contributed by atoms with Gasteiger partial charge in [-0.1, -0.05) is 49.4 Å². The van der Waals surface area contributed by atoms with Crippen molar-refractivity contribution in [1.82, 2.24) is 15.0 Å². The van der Waals surface area contributed by atoms with Crippen molar-refractivity contribution in [2.24, 2.45) is 0 Å². The summed E-state index contributed by atoms with van der Waals surface area (Å²) in [6.07, 6.45) is 4.66. The predicted octanol–water partition coefficient (Wildman–Crippen LogP) is 5.17. The molecule has 0 aliphatic heterocycles. The van der Waals surface area contributed by atoms with Gasteiger partial charge in [-0.2, -0.15) is 0 Å². The summed E-state index contributed by atoms with van der Waals surface area (Å²) in [5.41, 5.74) is 5.73. The number of hydrogen-bond donors (Lipinski definition) is 1. The molecule has 0 radical (unpaired) electrons. The molecule has 0 amide bonds. The fourth-order valence-corrected chi connectivity index (χ4v) is 3.30. The van der Waals surface area contributed by atoms with Crippen LogP contribution in [0.4, 0.5) is 0 Å². The zero-order chi connectivity index (χ0) is 16.4. The molecule has 0 bridgehead atoms. The number of hydrogen-bond acceptors (Lipinski definition) is 2. The van der Waals surface area contributed by atoms with E-state index >= 15 is 0 Å². The van der Waals surface area contributed by atoms with Crippen LogP contribution in [0.15, 0.2) is 73.1 Å². The highest BCUT2D eigenvalue weighted by molar-refractivity contribution is 5.83. The van der Waals surface area contributed by atoms with Gasteiger partial charge in [0, 0.05) is 23.9 Å². The SMILES string of the molecule is CCC(c1ccccc1)c1cccc2[nH]c(-c3cccnc3)nc12. The topological polar surface area (TPSA) is 41.6 Å². The van der Waals surface area contributed by atoms with E-state index in [1.165, 1.54) is 11.1 Å². The third-order valence-electron chi connectivity index (χ3n) is 4.46. The number of fused-ring (bicyclic) bond motifs is 1. The number of para-hydroxylation sites is 1. The first-order valence-electron chi connectivity index (χ1n) is 8.31. The summed E-state index contributed by atoms with van der Waals surface area (Å²) in [7, 11) is 0. The first-order chi connectivity index (χ1) is 11.9. The molecule has 24 heavy (non-hydrogen) atoms. The van der Waals surface area contributed by atoms with Crippen molar-refractivity contribution in [2.75, 3.05) is 0 Å². The molecule has 4 aromatic rings. The standard InChI is InChI=1S/C21H19N3/c1-2-17(15-8-4-3-5-9-15)18-11-6-12-19-20(18)24-21(23-19)16-10-7-13-22-14-16/h3-14,17H,2H2,1H3,(H,23,24). The quantitative estimate of drug-likeness (QED) is 0.565.